The van der Waals surface area contributed by atoms with E-state index < -0.39 is 0 Å². The fraction of sp³-hybridized carbons (Fsp3) is 0.654. The van der Waals surface area contributed by atoms with Gasteiger partial charge in [0.1, 0.15) is 0 Å². The molecule has 2 aromatic rings. The number of imidazole rings is 1. The molecule has 36 heavy (non-hydrogen) atoms. The highest BCUT2D eigenvalue weighted by Crippen LogP contribution is 2.28. The first kappa shape index (κ1) is 25.0. The molecule has 0 unspecified atom stereocenters. The first-order chi connectivity index (χ1) is 17.5. The summed E-state index contributed by atoms with van der Waals surface area (Å²) in [6.07, 6.45) is 5.91. The fourth-order valence-corrected chi connectivity index (χ4v) is 5.89. The molecule has 3 fully saturated rings. The van der Waals surface area contributed by atoms with E-state index >= 15 is 0 Å². The molecule has 0 aliphatic carbocycles. The third-order valence-corrected chi connectivity index (χ3v) is 7.97. The second kappa shape index (κ2) is 10.7. The smallest absolute Gasteiger partial charge is 0.348 e. The minimum Gasteiger partial charge on any atom is -0.377 e. The van der Waals surface area contributed by atoms with Gasteiger partial charge in [0, 0.05) is 64.8 Å². The maximum Gasteiger partial charge on any atom is 0.348 e. The van der Waals surface area contributed by atoms with Gasteiger partial charge in [0.2, 0.25) is 11.8 Å². The van der Waals surface area contributed by atoms with Gasteiger partial charge in [0.25, 0.3) is 0 Å². The summed E-state index contributed by atoms with van der Waals surface area (Å²) in [6.45, 7) is 6.53. The summed E-state index contributed by atoms with van der Waals surface area (Å²) in [4.78, 5) is 42.9. The molecule has 3 saturated heterocycles. The van der Waals surface area contributed by atoms with Crippen LogP contribution in [0.25, 0.3) is 11.0 Å². The summed E-state index contributed by atoms with van der Waals surface area (Å²) in [7, 11) is 1.69. The molecule has 1 aromatic carbocycles. The van der Waals surface area contributed by atoms with E-state index in [2.05, 4.69) is 9.80 Å². The number of anilines is 1. The minimum atomic E-state index is -0.373. The van der Waals surface area contributed by atoms with E-state index in [0.717, 1.165) is 74.6 Å². The van der Waals surface area contributed by atoms with Gasteiger partial charge in [-0.05, 0) is 56.2 Å². The summed E-state index contributed by atoms with van der Waals surface area (Å²) in [5, 5.41) is 1.03. The van der Waals surface area contributed by atoms with Crippen molar-refractivity contribution < 1.29 is 14.3 Å². The summed E-state index contributed by atoms with van der Waals surface area (Å²) in [6, 6.07) is 5.88. The van der Waals surface area contributed by atoms with Crippen molar-refractivity contribution in [2.75, 3.05) is 55.8 Å². The van der Waals surface area contributed by atoms with E-state index in [1.54, 1.807) is 7.05 Å². The van der Waals surface area contributed by atoms with Crippen LogP contribution < -0.4 is 21.3 Å². The number of rotatable bonds is 7. The molecular formula is C26H38N6O4. The summed E-state index contributed by atoms with van der Waals surface area (Å²) >= 11 is 0. The van der Waals surface area contributed by atoms with Crippen LogP contribution in [-0.4, -0.2) is 77.9 Å². The molecule has 3 aliphatic rings. The van der Waals surface area contributed by atoms with E-state index in [1.807, 2.05) is 18.2 Å². The Morgan fingerprint density at radius 1 is 0.944 bits per heavy atom. The molecule has 4 heterocycles. The highest BCUT2D eigenvalue weighted by Gasteiger charge is 2.31. The zero-order valence-corrected chi connectivity index (χ0v) is 21.2. The molecule has 196 valence electrons. The minimum absolute atomic E-state index is 0.279. The Labute approximate surface area is 211 Å². The van der Waals surface area contributed by atoms with Crippen molar-refractivity contribution in [2.45, 2.75) is 51.0 Å². The van der Waals surface area contributed by atoms with Crippen LogP contribution in [0.4, 0.5) is 5.69 Å². The first-order valence-corrected chi connectivity index (χ1v) is 13.3. The lowest BCUT2D eigenvalue weighted by atomic mass is 9.94. The number of aromatic nitrogens is 2. The van der Waals surface area contributed by atoms with Gasteiger partial charge in [-0.3, -0.25) is 14.2 Å². The number of carbonyl (C=O) groups excluding carboxylic acids is 2. The molecule has 10 heteroatoms. The zero-order chi connectivity index (χ0) is 25.2. The maximum absolute atomic E-state index is 13.0. The second-order valence-corrected chi connectivity index (χ2v) is 10.4. The number of amides is 2. The van der Waals surface area contributed by atoms with Gasteiger partial charge >= 0.3 is 5.69 Å². The third-order valence-electron chi connectivity index (χ3n) is 7.97. The molecule has 0 saturated carbocycles. The van der Waals surface area contributed by atoms with Crippen molar-refractivity contribution in [3.05, 3.63) is 28.7 Å². The van der Waals surface area contributed by atoms with Crippen molar-refractivity contribution in [1.82, 2.24) is 14.1 Å². The molecule has 0 spiro atoms. The van der Waals surface area contributed by atoms with Gasteiger partial charge in [-0.1, -0.05) is 0 Å². The highest BCUT2D eigenvalue weighted by molar-refractivity contribution is 6.11. The molecule has 0 bridgehead atoms. The molecule has 1 aromatic heterocycles. The lowest BCUT2D eigenvalue weighted by molar-refractivity contribution is -0.131. The molecule has 0 radical (unpaired) electrons. The Kier molecular flexibility index (Phi) is 7.45. The van der Waals surface area contributed by atoms with Crippen LogP contribution >= 0.6 is 0 Å². The quantitative estimate of drug-likeness (QED) is 0.571. The van der Waals surface area contributed by atoms with Gasteiger partial charge in [-0.2, -0.15) is 9.69 Å². The van der Waals surface area contributed by atoms with Gasteiger partial charge < -0.3 is 20.3 Å². The van der Waals surface area contributed by atoms with E-state index in [-0.39, 0.29) is 30.3 Å². The predicted molar refractivity (Wildman–Crippen MR) is 139 cm³/mol. The van der Waals surface area contributed by atoms with Crippen LogP contribution in [0, 0.1) is 5.92 Å². The van der Waals surface area contributed by atoms with E-state index in [4.69, 9.17) is 10.5 Å². The number of piperidine rings is 3. The number of ether oxygens (including phenoxy) is 1. The first-order valence-electron chi connectivity index (χ1n) is 13.3. The van der Waals surface area contributed by atoms with Crippen LogP contribution in [0.1, 0.15) is 44.9 Å². The van der Waals surface area contributed by atoms with Crippen molar-refractivity contribution in [3.8, 4) is 0 Å². The topological polar surface area (TPSA) is 106 Å². The number of nitrogens with zero attached hydrogens (tertiary/aromatic N) is 5. The van der Waals surface area contributed by atoms with Gasteiger partial charge in [-0.25, -0.2) is 4.79 Å². The van der Waals surface area contributed by atoms with E-state index in [1.165, 1.54) is 9.24 Å². The Morgan fingerprint density at radius 2 is 1.64 bits per heavy atom. The second-order valence-electron chi connectivity index (χ2n) is 10.4. The number of aryl methyl sites for hydroxylation is 1. The summed E-state index contributed by atoms with van der Waals surface area (Å²) in [5.41, 5.74) is 7.56. The largest absolute Gasteiger partial charge is 0.377 e. The van der Waals surface area contributed by atoms with Crippen LogP contribution in [-0.2, 0) is 21.4 Å². The maximum atomic E-state index is 13.0. The number of carbonyl (C=O) groups is 2. The zero-order valence-electron chi connectivity index (χ0n) is 21.2. The normalized spacial score (nSPS) is 21.2. The predicted octanol–water partition coefficient (Wildman–Crippen LogP) is 1.17. The van der Waals surface area contributed by atoms with Gasteiger partial charge in [-0.15, -0.1) is 0 Å². The summed E-state index contributed by atoms with van der Waals surface area (Å²) < 4.78 is 8.59. The lowest BCUT2D eigenvalue weighted by Gasteiger charge is -2.38. The standard InChI is InChI=1S/C26H38N6O4/c1-28-23-17-20(5-6-22(23)31(26(28)35)32-24(33)3-2-4-25(32)34)30-14-7-19(8-15-30)18-29-12-9-21(10-13-29)36-16-11-27/h5-6,17,19,21H,2-4,7-16,18,27H2,1H3. The Morgan fingerprint density at radius 3 is 2.31 bits per heavy atom. The number of likely N-dealkylation sites (tertiary alicyclic amines) is 1. The number of nitrogens with two attached hydrogens (primary N) is 1. The van der Waals surface area contributed by atoms with Gasteiger partial charge in [0.05, 0.1) is 23.7 Å². The Hall–Kier alpha value is -2.69. The van der Waals surface area contributed by atoms with E-state index in [9.17, 15) is 14.4 Å². The van der Waals surface area contributed by atoms with Crippen LogP contribution in [0.2, 0.25) is 0 Å². The Bertz CT molecular complexity index is 1140. The molecule has 10 nitrogen and oxygen atoms in total. The van der Waals surface area contributed by atoms with Crippen molar-refractivity contribution >= 4 is 28.5 Å². The van der Waals surface area contributed by atoms with E-state index in [0.29, 0.717) is 37.1 Å². The van der Waals surface area contributed by atoms with Crippen LogP contribution in [0.3, 0.4) is 0 Å². The molecule has 5 rings (SSSR count). The third kappa shape index (κ3) is 4.94. The van der Waals surface area contributed by atoms with Crippen molar-refractivity contribution in [3.63, 3.8) is 0 Å². The number of imide groups is 1. The van der Waals surface area contributed by atoms with Crippen molar-refractivity contribution in [1.29, 1.82) is 0 Å². The molecular weight excluding hydrogens is 460 g/mol. The fourth-order valence-electron chi connectivity index (χ4n) is 5.89. The average Bonchev–Trinajstić information content (AvgIpc) is 3.13. The number of hydrogen-bond acceptors (Lipinski definition) is 7. The lowest BCUT2D eigenvalue weighted by Crippen LogP contribution is -2.52. The molecule has 2 N–H and O–H groups in total. The highest BCUT2D eigenvalue weighted by atomic mass is 16.5. The number of hydrogen-bond donors (Lipinski definition) is 1. The number of benzene rings is 1. The van der Waals surface area contributed by atoms with Crippen molar-refractivity contribution in [2.24, 2.45) is 18.7 Å². The molecule has 3 aliphatic heterocycles. The summed E-state index contributed by atoms with van der Waals surface area (Å²) in [5.74, 6) is 0.0478. The van der Waals surface area contributed by atoms with Crippen LogP contribution in [0.5, 0.6) is 0 Å². The van der Waals surface area contributed by atoms with Gasteiger partial charge in [0.15, 0.2) is 0 Å². The van der Waals surface area contributed by atoms with Crippen LogP contribution in [0.15, 0.2) is 23.0 Å². The molecule has 2 amide bonds. The monoisotopic (exact) mass is 498 g/mol. The SMILES string of the molecule is Cn1c(=O)n(N2C(=O)CCCC2=O)c2ccc(N3CCC(CN4CCC(OCCN)CC4)CC3)cc21. The average molecular weight is 499 g/mol. The number of fused-ring (bicyclic) bond motifs is 1. The Balaban J connectivity index is 1.22. The molecule has 0 atom stereocenters.